The predicted molar refractivity (Wildman–Crippen MR) is 63.3 cm³/mol. The molecule has 0 N–H and O–H groups in total. The van der Waals surface area contributed by atoms with Crippen LogP contribution in [0.2, 0.25) is 0 Å². The monoisotopic (exact) mass is 189 g/mol. The Bertz CT molecular complexity index is 302. The average molecular weight is 189 g/mol. The highest BCUT2D eigenvalue weighted by atomic mass is 15.1. The molecule has 0 aliphatic carbocycles. The summed E-state index contributed by atoms with van der Waals surface area (Å²) in [7, 11) is 4.24. The molecule has 0 saturated carbocycles. The van der Waals surface area contributed by atoms with Crippen molar-refractivity contribution in [2.24, 2.45) is 0 Å². The average Bonchev–Trinajstić information content (AvgIpc) is 2.19. The Labute approximate surface area is 87.1 Å². The van der Waals surface area contributed by atoms with E-state index in [-0.39, 0.29) is 0 Å². The first-order chi connectivity index (χ1) is 6.70. The van der Waals surface area contributed by atoms with E-state index in [1.54, 1.807) is 0 Å². The van der Waals surface area contributed by atoms with Crippen LogP contribution in [0.4, 0.5) is 0 Å². The van der Waals surface area contributed by atoms with Crippen LogP contribution in [0.25, 0.3) is 6.08 Å². The molecule has 1 unspecified atom stereocenters. The van der Waals surface area contributed by atoms with Gasteiger partial charge >= 0.3 is 0 Å². The first-order valence-corrected chi connectivity index (χ1v) is 5.08. The molecule has 0 aromatic heterocycles. The lowest BCUT2D eigenvalue weighted by atomic mass is 9.98. The molecule has 14 heavy (non-hydrogen) atoms. The van der Waals surface area contributed by atoms with Gasteiger partial charge in [0.05, 0.1) is 0 Å². The van der Waals surface area contributed by atoms with E-state index >= 15 is 0 Å². The van der Waals surface area contributed by atoms with Crippen molar-refractivity contribution in [2.75, 3.05) is 14.1 Å². The van der Waals surface area contributed by atoms with Crippen LogP contribution in [0.5, 0.6) is 0 Å². The lowest BCUT2D eigenvalue weighted by molar-refractivity contribution is 0.291. The van der Waals surface area contributed by atoms with Crippen molar-refractivity contribution in [2.45, 2.75) is 19.4 Å². The van der Waals surface area contributed by atoms with Crippen LogP contribution in [0.3, 0.4) is 0 Å². The molecule has 0 aliphatic heterocycles. The molecular formula is C13H19N. The maximum Gasteiger partial charge on any atom is 0.0345 e. The Hall–Kier alpha value is -1.08. The SMILES string of the molecule is C=Cc1ccccc1C(CC)N(C)C. The van der Waals surface area contributed by atoms with Crippen molar-refractivity contribution in [1.82, 2.24) is 4.90 Å². The Balaban J connectivity index is 3.08. The van der Waals surface area contributed by atoms with Crippen molar-refractivity contribution >= 4 is 6.08 Å². The van der Waals surface area contributed by atoms with E-state index in [9.17, 15) is 0 Å². The number of nitrogens with zero attached hydrogens (tertiary/aromatic N) is 1. The number of rotatable bonds is 4. The van der Waals surface area contributed by atoms with Crippen LogP contribution in [0.15, 0.2) is 30.8 Å². The fraction of sp³-hybridized carbons (Fsp3) is 0.385. The Morgan fingerprint density at radius 2 is 2.00 bits per heavy atom. The lowest BCUT2D eigenvalue weighted by Gasteiger charge is -2.24. The summed E-state index contributed by atoms with van der Waals surface area (Å²) in [6, 6.07) is 8.95. The highest BCUT2D eigenvalue weighted by Crippen LogP contribution is 2.25. The van der Waals surface area contributed by atoms with E-state index in [0.717, 1.165) is 6.42 Å². The first kappa shape index (κ1) is 11.0. The second-order valence-corrected chi connectivity index (χ2v) is 3.72. The van der Waals surface area contributed by atoms with Gasteiger partial charge in [0.1, 0.15) is 0 Å². The van der Waals surface area contributed by atoms with Gasteiger partial charge in [0.15, 0.2) is 0 Å². The zero-order valence-electron chi connectivity index (χ0n) is 9.33. The Kier molecular flexibility index (Phi) is 3.90. The van der Waals surface area contributed by atoms with E-state index < -0.39 is 0 Å². The maximum atomic E-state index is 3.85. The third kappa shape index (κ3) is 2.24. The van der Waals surface area contributed by atoms with Gasteiger partial charge in [-0.3, -0.25) is 0 Å². The number of hydrogen-bond donors (Lipinski definition) is 0. The molecule has 1 atom stereocenters. The Morgan fingerprint density at radius 3 is 2.50 bits per heavy atom. The van der Waals surface area contributed by atoms with Gasteiger partial charge < -0.3 is 4.90 Å². The molecule has 0 bridgehead atoms. The van der Waals surface area contributed by atoms with Crippen LogP contribution in [-0.4, -0.2) is 19.0 Å². The molecule has 1 rings (SSSR count). The zero-order valence-corrected chi connectivity index (χ0v) is 9.33. The summed E-state index contributed by atoms with van der Waals surface area (Å²) in [6.45, 7) is 6.06. The fourth-order valence-corrected chi connectivity index (χ4v) is 1.86. The predicted octanol–water partition coefficient (Wildman–Crippen LogP) is 3.34. The van der Waals surface area contributed by atoms with E-state index in [0.29, 0.717) is 6.04 Å². The summed E-state index contributed by atoms with van der Waals surface area (Å²) in [5, 5.41) is 0. The quantitative estimate of drug-likeness (QED) is 0.702. The van der Waals surface area contributed by atoms with Crippen LogP contribution in [-0.2, 0) is 0 Å². The molecular weight excluding hydrogens is 170 g/mol. The van der Waals surface area contributed by atoms with Gasteiger partial charge in [0, 0.05) is 6.04 Å². The van der Waals surface area contributed by atoms with Gasteiger partial charge in [-0.25, -0.2) is 0 Å². The summed E-state index contributed by atoms with van der Waals surface area (Å²) in [5.41, 5.74) is 2.61. The minimum atomic E-state index is 0.490. The maximum absolute atomic E-state index is 3.85. The fourth-order valence-electron chi connectivity index (χ4n) is 1.86. The minimum Gasteiger partial charge on any atom is -0.302 e. The summed E-state index contributed by atoms with van der Waals surface area (Å²) in [4.78, 5) is 2.25. The van der Waals surface area contributed by atoms with E-state index in [4.69, 9.17) is 0 Å². The van der Waals surface area contributed by atoms with Gasteiger partial charge in [-0.1, -0.05) is 43.8 Å². The minimum absolute atomic E-state index is 0.490. The number of benzene rings is 1. The molecule has 0 fully saturated rings. The largest absolute Gasteiger partial charge is 0.302 e. The van der Waals surface area contributed by atoms with Gasteiger partial charge in [0.25, 0.3) is 0 Å². The van der Waals surface area contributed by atoms with Crippen LogP contribution >= 0.6 is 0 Å². The summed E-state index contributed by atoms with van der Waals surface area (Å²) < 4.78 is 0. The molecule has 0 amide bonds. The van der Waals surface area contributed by atoms with Crippen molar-refractivity contribution in [3.8, 4) is 0 Å². The Morgan fingerprint density at radius 1 is 1.36 bits per heavy atom. The molecule has 0 spiro atoms. The summed E-state index contributed by atoms with van der Waals surface area (Å²) >= 11 is 0. The smallest absolute Gasteiger partial charge is 0.0345 e. The van der Waals surface area contributed by atoms with E-state index in [1.165, 1.54) is 11.1 Å². The van der Waals surface area contributed by atoms with Crippen molar-refractivity contribution in [1.29, 1.82) is 0 Å². The molecule has 1 nitrogen and oxygen atoms in total. The van der Waals surface area contributed by atoms with Gasteiger partial charge in [-0.2, -0.15) is 0 Å². The third-order valence-electron chi connectivity index (χ3n) is 2.58. The molecule has 0 radical (unpaired) electrons. The molecule has 1 aromatic rings. The van der Waals surface area contributed by atoms with E-state index in [2.05, 4.69) is 56.8 Å². The van der Waals surface area contributed by atoms with Gasteiger partial charge in [-0.15, -0.1) is 0 Å². The summed E-state index contributed by atoms with van der Waals surface area (Å²) in [6.07, 6.45) is 3.05. The highest BCUT2D eigenvalue weighted by molar-refractivity contribution is 5.52. The van der Waals surface area contributed by atoms with E-state index in [1.807, 2.05) is 6.08 Å². The molecule has 0 aliphatic rings. The van der Waals surface area contributed by atoms with Crippen LogP contribution < -0.4 is 0 Å². The number of hydrogen-bond acceptors (Lipinski definition) is 1. The zero-order chi connectivity index (χ0) is 10.6. The summed E-state index contributed by atoms with van der Waals surface area (Å²) in [5.74, 6) is 0. The van der Waals surface area contributed by atoms with Gasteiger partial charge in [-0.05, 0) is 31.6 Å². The second kappa shape index (κ2) is 4.97. The standard InChI is InChI=1S/C13H19N/c1-5-11-9-7-8-10-12(11)13(6-2)14(3)4/h5,7-10,13H,1,6H2,2-4H3. The molecule has 0 heterocycles. The third-order valence-corrected chi connectivity index (χ3v) is 2.58. The van der Waals surface area contributed by atoms with Gasteiger partial charge in [0.2, 0.25) is 0 Å². The van der Waals surface area contributed by atoms with Crippen molar-refractivity contribution in [3.05, 3.63) is 42.0 Å². The molecule has 1 aromatic carbocycles. The highest BCUT2D eigenvalue weighted by Gasteiger charge is 2.13. The normalized spacial score (nSPS) is 12.9. The topological polar surface area (TPSA) is 3.24 Å². The van der Waals surface area contributed by atoms with Crippen molar-refractivity contribution < 1.29 is 0 Å². The van der Waals surface area contributed by atoms with Crippen LogP contribution in [0, 0.1) is 0 Å². The lowest BCUT2D eigenvalue weighted by Crippen LogP contribution is -2.19. The first-order valence-electron chi connectivity index (χ1n) is 5.08. The molecule has 76 valence electrons. The second-order valence-electron chi connectivity index (χ2n) is 3.72. The van der Waals surface area contributed by atoms with Crippen molar-refractivity contribution in [3.63, 3.8) is 0 Å². The van der Waals surface area contributed by atoms with Crippen LogP contribution in [0.1, 0.15) is 30.5 Å². The molecule has 0 saturated heterocycles. The molecule has 1 heteroatoms.